The molecule has 0 aliphatic carbocycles. The molecule has 0 saturated heterocycles. The van der Waals surface area contributed by atoms with Crippen molar-refractivity contribution in [1.29, 1.82) is 0 Å². The Morgan fingerprint density at radius 1 is 1.19 bits per heavy atom. The third kappa shape index (κ3) is 4.54. The number of amides is 1. The second-order valence-corrected chi connectivity index (χ2v) is 4.74. The molecule has 0 radical (unpaired) electrons. The van der Waals surface area contributed by atoms with Gasteiger partial charge >= 0.3 is 0 Å². The van der Waals surface area contributed by atoms with Gasteiger partial charge in [0, 0.05) is 30.8 Å². The fraction of sp³-hybridized carbons (Fsp3) is 0.176. The smallest absolute Gasteiger partial charge is 0.221 e. The molecule has 0 aliphatic rings. The van der Waals surface area contributed by atoms with E-state index in [2.05, 4.69) is 22.0 Å². The van der Waals surface area contributed by atoms with Crippen LogP contribution in [0.3, 0.4) is 0 Å². The first-order chi connectivity index (χ1) is 10.2. The van der Waals surface area contributed by atoms with E-state index in [1.807, 2.05) is 48.7 Å². The fourth-order valence-electron chi connectivity index (χ4n) is 2.05. The molecule has 0 fully saturated rings. The molecule has 3 N–H and O–H groups in total. The van der Waals surface area contributed by atoms with Gasteiger partial charge in [-0.05, 0) is 29.8 Å². The molecule has 21 heavy (non-hydrogen) atoms. The van der Waals surface area contributed by atoms with Gasteiger partial charge in [-0.1, -0.05) is 12.1 Å². The van der Waals surface area contributed by atoms with Crippen LogP contribution in [0.25, 0.3) is 12.2 Å². The van der Waals surface area contributed by atoms with Crippen molar-refractivity contribution in [2.45, 2.75) is 13.5 Å². The van der Waals surface area contributed by atoms with Crippen molar-refractivity contribution in [2.24, 2.45) is 5.73 Å². The number of nitrogens with one attached hydrogen (secondary N) is 1. The van der Waals surface area contributed by atoms with E-state index < -0.39 is 0 Å². The minimum Gasteiger partial charge on any atom is -0.326 e. The molecule has 4 nitrogen and oxygen atoms in total. The Kier molecular flexibility index (Phi) is 5.23. The van der Waals surface area contributed by atoms with Gasteiger partial charge < -0.3 is 11.1 Å². The summed E-state index contributed by atoms with van der Waals surface area (Å²) >= 11 is 0. The van der Waals surface area contributed by atoms with Gasteiger partial charge in [0.15, 0.2) is 12.7 Å². The lowest BCUT2D eigenvalue weighted by Gasteiger charge is -2.02. The van der Waals surface area contributed by atoms with Crippen molar-refractivity contribution in [1.82, 2.24) is 0 Å². The van der Waals surface area contributed by atoms with Crippen molar-refractivity contribution in [3.63, 3.8) is 0 Å². The van der Waals surface area contributed by atoms with E-state index >= 15 is 0 Å². The van der Waals surface area contributed by atoms with Crippen LogP contribution in [-0.2, 0) is 11.3 Å². The van der Waals surface area contributed by atoms with Gasteiger partial charge in [-0.2, -0.15) is 4.57 Å². The number of benzene rings is 1. The molecule has 4 heteroatoms. The number of pyridine rings is 1. The molecule has 0 atom stereocenters. The standard InChI is InChI=1S/C17H19N3O/c1-14(21)19-16-8-5-15(6-9-16)7-10-17-4-2-3-12-20(17)13-11-18/h2-10,12H,11,13,18H2,1H3/p+1. The number of anilines is 1. The zero-order valence-electron chi connectivity index (χ0n) is 12.1. The summed E-state index contributed by atoms with van der Waals surface area (Å²) in [5.74, 6) is -0.0644. The monoisotopic (exact) mass is 282 g/mol. The molecule has 1 aromatic heterocycles. The van der Waals surface area contributed by atoms with Gasteiger partial charge in [0.05, 0.1) is 6.54 Å². The quantitative estimate of drug-likeness (QED) is 0.825. The third-order valence-corrected chi connectivity index (χ3v) is 3.02. The lowest BCUT2D eigenvalue weighted by Crippen LogP contribution is -2.39. The second kappa shape index (κ2) is 7.36. The van der Waals surface area contributed by atoms with Crippen LogP contribution in [0, 0.1) is 0 Å². The normalized spacial score (nSPS) is 10.8. The average molecular weight is 282 g/mol. The highest BCUT2D eigenvalue weighted by Crippen LogP contribution is 2.11. The van der Waals surface area contributed by atoms with Gasteiger partial charge in [0.2, 0.25) is 11.6 Å². The van der Waals surface area contributed by atoms with E-state index in [0.717, 1.165) is 23.5 Å². The Morgan fingerprint density at radius 3 is 2.62 bits per heavy atom. The number of aromatic nitrogens is 1. The largest absolute Gasteiger partial charge is 0.326 e. The van der Waals surface area contributed by atoms with Crippen LogP contribution in [0.15, 0.2) is 48.7 Å². The third-order valence-electron chi connectivity index (χ3n) is 3.02. The number of hydrogen-bond donors (Lipinski definition) is 2. The van der Waals surface area contributed by atoms with Gasteiger partial charge in [0.25, 0.3) is 0 Å². The van der Waals surface area contributed by atoms with Crippen LogP contribution in [0.2, 0.25) is 0 Å². The van der Waals surface area contributed by atoms with Crippen molar-refractivity contribution in [2.75, 3.05) is 11.9 Å². The number of rotatable bonds is 5. The fourth-order valence-corrected chi connectivity index (χ4v) is 2.05. The summed E-state index contributed by atoms with van der Waals surface area (Å²) < 4.78 is 2.11. The summed E-state index contributed by atoms with van der Waals surface area (Å²) in [6.45, 7) is 2.91. The number of nitrogens with zero attached hydrogens (tertiary/aromatic N) is 1. The summed E-state index contributed by atoms with van der Waals surface area (Å²) in [4.78, 5) is 11.0. The second-order valence-electron chi connectivity index (χ2n) is 4.74. The molecule has 1 heterocycles. The molecule has 2 rings (SSSR count). The molecule has 0 unspecified atom stereocenters. The summed E-state index contributed by atoms with van der Waals surface area (Å²) in [7, 11) is 0. The van der Waals surface area contributed by atoms with E-state index in [9.17, 15) is 4.79 Å². The van der Waals surface area contributed by atoms with E-state index in [-0.39, 0.29) is 5.91 Å². The topological polar surface area (TPSA) is 59.0 Å². The number of carbonyl (C=O) groups excluding carboxylic acids is 1. The Morgan fingerprint density at radius 2 is 1.95 bits per heavy atom. The molecule has 2 aromatic rings. The van der Waals surface area contributed by atoms with Crippen molar-refractivity contribution >= 4 is 23.7 Å². The maximum Gasteiger partial charge on any atom is 0.221 e. The van der Waals surface area contributed by atoms with Crippen LogP contribution >= 0.6 is 0 Å². The van der Waals surface area contributed by atoms with Crippen molar-refractivity contribution in [3.8, 4) is 0 Å². The maximum absolute atomic E-state index is 11.0. The van der Waals surface area contributed by atoms with Gasteiger partial charge in [0.1, 0.15) is 0 Å². The highest BCUT2D eigenvalue weighted by atomic mass is 16.1. The first-order valence-electron chi connectivity index (χ1n) is 6.93. The van der Waals surface area contributed by atoms with E-state index in [1.165, 1.54) is 6.92 Å². The first kappa shape index (κ1) is 14.9. The number of carbonyl (C=O) groups is 1. The number of nitrogens with two attached hydrogens (primary N) is 1. The van der Waals surface area contributed by atoms with Crippen molar-refractivity contribution < 1.29 is 9.36 Å². The zero-order valence-corrected chi connectivity index (χ0v) is 12.1. The van der Waals surface area contributed by atoms with Gasteiger partial charge in [-0.3, -0.25) is 4.79 Å². The molecular formula is C17H20N3O+. The van der Waals surface area contributed by atoms with E-state index in [1.54, 1.807) is 0 Å². The van der Waals surface area contributed by atoms with Crippen LogP contribution in [0.4, 0.5) is 5.69 Å². The van der Waals surface area contributed by atoms with Crippen LogP contribution in [-0.4, -0.2) is 12.5 Å². The molecule has 0 bridgehead atoms. The molecule has 0 spiro atoms. The lowest BCUT2D eigenvalue weighted by atomic mass is 10.1. The minimum absolute atomic E-state index is 0.0644. The zero-order chi connectivity index (χ0) is 15.1. The first-order valence-corrected chi connectivity index (χ1v) is 6.93. The van der Waals surface area contributed by atoms with Crippen LogP contribution < -0.4 is 15.6 Å². The molecule has 0 aliphatic heterocycles. The van der Waals surface area contributed by atoms with Gasteiger partial charge in [-0.15, -0.1) is 0 Å². The summed E-state index contributed by atoms with van der Waals surface area (Å²) in [5, 5.41) is 2.75. The van der Waals surface area contributed by atoms with Crippen LogP contribution in [0.5, 0.6) is 0 Å². The maximum atomic E-state index is 11.0. The van der Waals surface area contributed by atoms with E-state index in [4.69, 9.17) is 5.73 Å². The summed E-state index contributed by atoms with van der Waals surface area (Å²) in [6, 6.07) is 13.8. The Hall–Kier alpha value is -2.46. The van der Waals surface area contributed by atoms with E-state index in [0.29, 0.717) is 6.54 Å². The highest BCUT2D eigenvalue weighted by molar-refractivity contribution is 5.88. The SMILES string of the molecule is CC(=O)Nc1ccc(/C=C/c2cccc[n+]2CCN)cc1. The molecule has 1 amide bonds. The highest BCUT2D eigenvalue weighted by Gasteiger charge is 2.04. The van der Waals surface area contributed by atoms with Crippen LogP contribution in [0.1, 0.15) is 18.2 Å². The molecule has 1 aromatic carbocycles. The number of hydrogen-bond acceptors (Lipinski definition) is 2. The Bertz CT molecular complexity index is 633. The van der Waals surface area contributed by atoms with Crippen molar-refractivity contribution in [3.05, 3.63) is 59.9 Å². The Balaban J connectivity index is 2.12. The minimum atomic E-state index is -0.0644. The predicted molar refractivity (Wildman–Crippen MR) is 85.4 cm³/mol. The lowest BCUT2D eigenvalue weighted by molar-refractivity contribution is -0.696. The predicted octanol–water partition coefficient (Wildman–Crippen LogP) is 2.06. The molecule has 0 saturated carbocycles. The molecular weight excluding hydrogens is 262 g/mol. The average Bonchev–Trinajstić information content (AvgIpc) is 2.48. The summed E-state index contributed by atoms with van der Waals surface area (Å²) in [6.07, 6.45) is 6.12. The molecule has 108 valence electrons. The van der Waals surface area contributed by atoms with Gasteiger partial charge in [-0.25, -0.2) is 0 Å². The summed E-state index contributed by atoms with van der Waals surface area (Å²) in [5.41, 5.74) is 8.60. The Labute approximate surface area is 124 Å².